The number of carbonyl (C=O) groups excluding carboxylic acids is 2. The van der Waals surface area contributed by atoms with Crippen LogP contribution >= 0.6 is 0 Å². The number of hydrogen-bond donors (Lipinski definition) is 1. The van der Waals surface area contributed by atoms with Crippen LogP contribution in [0.15, 0.2) is 54.6 Å². The summed E-state index contributed by atoms with van der Waals surface area (Å²) in [6, 6.07) is 13.4. The van der Waals surface area contributed by atoms with Gasteiger partial charge in [-0.15, -0.1) is 0 Å². The van der Waals surface area contributed by atoms with Crippen LogP contribution in [-0.2, 0) is 15.8 Å². The van der Waals surface area contributed by atoms with Crippen LogP contribution in [0, 0.1) is 5.92 Å². The van der Waals surface area contributed by atoms with Crippen LogP contribution < -0.4 is 5.32 Å². The van der Waals surface area contributed by atoms with Gasteiger partial charge in [0.1, 0.15) is 5.92 Å². The molecule has 2 aromatic carbocycles. The maximum absolute atomic E-state index is 13.0. The third kappa shape index (κ3) is 3.56. The number of nitrogens with zero attached hydrogens (tertiary/aromatic N) is 1. The number of likely N-dealkylation sites (N-methyl/N-ethyl adjacent to an activating group) is 1. The topological polar surface area (TPSA) is 49.4 Å². The normalized spacial score (nSPS) is 20.3. The number of likely N-dealkylation sites (tertiary alicyclic amines) is 1. The summed E-state index contributed by atoms with van der Waals surface area (Å²) in [4.78, 5) is 26.5. The number of anilines is 1. The minimum absolute atomic E-state index is 0.188. The lowest BCUT2D eigenvalue weighted by Gasteiger charge is -2.18. The smallest absolute Gasteiger partial charge is 0.344 e. The van der Waals surface area contributed by atoms with E-state index in [1.54, 1.807) is 37.4 Å². The predicted molar refractivity (Wildman–Crippen MR) is 90.4 cm³/mol. The zero-order valence-electron chi connectivity index (χ0n) is 14.0. The van der Waals surface area contributed by atoms with Crippen LogP contribution in [0.4, 0.5) is 18.9 Å². The van der Waals surface area contributed by atoms with E-state index in [0.29, 0.717) is 11.3 Å². The predicted octanol–water partition coefficient (Wildman–Crippen LogP) is 3.52. The Morgan fingerprint density at radius 3 is 2.46 bits per heavy atom. The van der Waals surface area contributed by atoms with Crippen molar-refractivity contribution in [3.63, 3.8) is 0 Å². The van der Waals surface area contributed by atoms with Gasteiger partial charge < -0.3 is 10.2 Å². The molecule has 2 atom stereocenters. The van der Waals surface area contributed by atoms with E-state index >= 15 is 0 Å². The van der Waals surface area contributed by atoms with E-state index in [9.17, 15) is 22.8 Å². The van der Waals surface area contributed by atoms with Gasteiger partial charge in [-0.2, -0.15) is 13.2 Å². The average Bonchev–Trinajstić information content (AvgIpc) is 2.90. The summed E-state index contributed by atoms with van der Waals surface area (Å²) in [7, 11) is 1.54. The molecule has 0 bridgehead atoms. The number of carbonyl (C=O) groups is 2. The molecule has 4 nitrogen and oxygen atoms in total. The summed E-state index contributed by atoms with van der Waals surface area (Å²) in [6.07, 6.45) is -4.48. The van der Waals surface area contributed by atoms with Gasteiger partial charge in [0.25, 0.3) is 0 Å². The molecule has 0 saturated carbocycles. The van der Waals surface area contributed by atoms with Crippen molar-refractivity contribution in [2.75, 3.05) is 18.9 Å². The molecule has 136 valence electrons. The fourth-order valence-electron chi connectivity index (χ4n) is 3.18. The molecular weight excluding hydrogens is 345 g/mol. The van der Waals surface area contributed by atoms with E-state index in [1.165, 1.54) is 17.0 Å². The number of alkyl halides is 3. The average molecular weight is 362 g/mol. The Kier molecular flexibility index (Phi) is 4.71. The van der Waals surface area contributed by atoms with Gasteiger partial charge in [-0.25, -0.2) is 0 Å². The molecule has 2 aromatic rings. The molecule has 0 aromatic heterocycles. The molecule has 26 heavy (non-hydrogen) atoms. The number of hydrogen-bond acceptors (Lipinski definition) is 2. The number of nitrogens with one attached hydrogen (secondary N) is 1. The quantitative estimate of drug-likeness (QED) is 0.850. The first kappa shape index (κ1) is 18.0. The summed E-state index contributed by atoms with van der Waals surface area (Å²) < 4.78 is 39.0. The highest BCUT2D eigenvalue weighted by atomic mass is 19.4. The van der Waals surface area contributed by atoms with Gasteiger partial charge in [0.05, 0.1) is 5.56 Å². The van der Waals surface area contributed by atoms with E-state index < -0.39 is 35.4 Å². The number of halogens is 3. The van der Waals surface area contributed by atoms with Crippen molar-refractivity contribution in [3.05, 3.63) is 65.7 Å². The number of benzene rings is 2. The van der Waals surface area contributed by atoms with Gasteiger partial charge in [-0.05, 0) is 23.8 Å². The Morgan fingerprint density at radius 2 is 1.81 bits per heavy atom. The van der Waals surface area contributed by atoms with Gasteiger partial charge in [0.15, 0.2) is 0 Å². The molecule has 1 heterocycles. The first-order valence-corrected chi connectivity index (χ1v) is 8.05. The first-order chi connectivity index (χ1) is 12.3. The van der Waals surface area contributed by atoms with Crippen LogP contribution in [0.25, 0.3) is 0 Å². The Balaban J connectivity index is 1.90. The summed E-state index contributed by atoms with van der Waals surface area (Å²) in [5.74, 6) is -2.63. The fraction of sp³-hybridized carbons (Fsp3) is 0.263. The summed E-state index contributed by atoms with van der Waals surface area (Å²) in [6.45, 7) is 0.188. The molecule has 1 aliphatic heterocycles. The van der Waals surface area contributed by atoms with Crippen molar-refractivity contribution >= 4 is 17.5 Å². The molecule has 3 rings (SSSR count). The lowest BCUT2D eigenvalue weighted by atomic mass is 9.87. The van der Waals surface area contributed by atoms with Crippen molar-refractivity contribution in [1.82, 2.24) is 4.90 Å². The largest absolute Gasteiger partial charge is 0.416 e. The molecule has 7 heteroatoms. The van der Waals surface area contributed by atoms with Crippen LogP contribution in [-0.4, -0.2) is 30.3 Å². The highest BCUT2D eigenvalue weighted by Crippen LogP contribution is 2.37. The van der Waals surface area contributed by atoms with Crippen LogP contribution in [0.3, 0.4) is 0 Å². The van der Waals surface area contributed by atoms with Gasteiger partial charge >= 0.3 is 6.18 Å². The number of amides is 2. The standard InChI is InChI=1S/C19H17F3N2O2/c1-24-11-15(12-6-5-7-13(10-12)19(20,21)22)16(18(24)26)17(25)23-14-8-3-2-4-9-14/h2-10,15-16H,11H2,1H3,(H,23,25). The number of para-hydroxylation sites is 1. The Hall–Kier alpha value is -2.83. The molecule has 0 radical (unpaired) electrons. The molecule has 2 amide bonds. The minimum atomic E-state index is -4.48. The third-order valence-corrected chi connectivity index (χ3v) is 4.48. The van der Waals surface area contributed by atoms with E-state index in [2.05, 4.69) is 5.32 Å². The third-order valence-electron chi connectivity index (χ3n) is 4.48. The zero-order valence-corrected chi connectivity index (χ0v) is 14.0. The molecule has 1 saturated heterocycles. The summed E-state index contributed by atoms with van der Waals surface area (Å²) >= 11 is 0. The highest BCUT2D eigenvalue weighted by molar-refractivity contribution is 6.08. The fourth-order valence-corrected chi connectivity index (χ4v) is 3.18. The summed E-state index contributed by atoms with van der Waals surface area (Å²) in [5, 5.41) is 2.67. The van der Waals surface area contributed by atoms with Gasteiger partial charge in [-0.1, -0.05) is 36.4 Å². The number of rotatable bonds is 3. The van der Waals surface area contributed by atoms with E-state index in [0.717, 1.165) is 12.1 Å². The molecular formula is C19H17F3N2O2. The Morgan fingerprint density at radius 1 is 1.12 bits per heavy atom. The second-order valence-electron chi connectivity index (χ2n) is 6.28. The van der Waals surface area contributed by atoms with Crippen LogP contribution in [0.2, 0.25) is 0 Å². The lowest BCUT2D eigenvalue weighted by Crippen LogP contribution is -2.32. The zero-order chi connectivity index (χ0) is 18.9. The van der Waals surface area contributed by atoms with Crippen molar-refractivity contribution in [3.8, 4) is 0 Å². The SMILES string of the molecule is CN1CC(c2cccc(C(F)(F)F)c2)C(C(=O)Nc2ccccc2)C1=O. The minimum Gasteiger partial charge on any atom is -0.344 e. The molecule has 1 aliphatic rings. The monoisotopic (exact) mass is 362 g/mol. The highest BCUT2D eigenvalue weighted by Gasteiger charge is 2.44. The molecule has 0 spiro atoms. The van der Waals surface area contributed by atoms with Gasteiger partial charge in [-0.3, -0.25) is 9.59 Å². The van der Waals surface area contributed by atoms with Crippen molar-refractivity contribution in [2.45, 2.75) is 12.1 Å². The Labute approximate surface area is 148 Å². The van der Waals surface area contributed by atoms with Crippen molar-refractivity contribution in [2.24, 2.45) is 5.92 Å². The van der Waals surface area contributed by atoms with Crippen molar-refractivity contribution < 1.29 is 22.8 Å². The molecule has 1 fully saturated rings. The van der Waals surface area contributed by atoms with Crippen LogP contribution in [0.5, 0.6) is 0 Å². The summed E-state index contributed by atoms with van der Waals surface area (Å²) in [5.41, 5.74) is 0.0626. The van der Waals surface area contributed by atoms with Crippen LogP contribution in [0.1, 0.15) is 17.0 Å². The molecule has 2 unspecified atom stereocenters. The second-order valence-corrected chi connectivity index (χ2v) is 6.28. The van der Waals surface area contributed by atoms with E-state index in [4.69, 9.17) is 0 Å². The molecule has 0 aliphatic carbocycles. The maximum atomic E-state index is 13.0. The second kappa shape index (κ2) is 6.82. The molecule has 1 N–H and O–H groups in total. The lowest BCUT2D eigenvalue weighted by molar-refractivity contribution is -0.137. The van der Waals surface area contributed by atoms with E-state index in [1.807, 2.05) is 0 Å². The van der Waals surface area contributed by atoms with Gasteiger partial charge in [0.2, 0.25) is 11.8 Å². The Bertz CT molecular complexity index is 821. The van der Waals surface area contributed by atoms with Gasteiger partial charge in [0, 0.05) is 25.2 Å². The first-order valence-electron chi connectivity index (χ1n) is 8.05. The van der Waals surface area contributed by atoms with E-state index in [-0.39, 0.29) is 6.54 Å². The maximum Gasteiger partial charge on any atom is 0.416 e. The van der Waals surface area contributed by atoms with Crippen molar-refractivity contribution in [1.29, 1.82) is 0 Å².